The first-order valence-corrected chi connectivity index (χ1v) is 11.0. The molecule has 0 aromatic rings. The number of ether oxygens (including phenoxy) is 4. The second-order valence-corrected chi connectivity index (χ2v) is 12.7. The Morgan fingerprint density at radius 3 is 1.96 bits per heavy atom. The molecule has 5 nitrogen and oxygen atoms in total. The molecule has 1 aliphatic rings. The summed E-state index contributed by atoms with van der Waals surface area (Å²) in [5.41, 5.74) is 0. The quantitative estimate of drug-likeness (QED) is 0.542. The van der Waals surface area contributed by atoms with Crippen LogP contribution >= 0.6 is 0 Å². The molecule has 0 saturated carbocycles. The molecule has 1 aliphatic heterocycles. The topological polar surface area (TPSA) is 46.2 Å². The fraction of sp³-hybridized carbons (Fsp3) is 0.882. The van der Waals surface area contributed by atoms with Crippen LogP contribution in [0.3, 0.4) is 0 Å². The Bertz CT molecular complexity index is 420. The van der Waals surface area contributed by atoms with Gasteiger partial charge in [0.05, 0.1) is 6.61 Å². The van der Waals surface area contributed by atoms with E-state index >= 15 is 0 Å². The van der Waals surface area contributed by atoms with E-state index in [0.717, 1.165) is 0 Å². The Morgan fingerprint density at radius 1 is 1.09 bits per heavy atom. The molecule has 0 spiro atoms. The Morgan fingerprint density at radius 2 is 1.57 bits per heavy atom. The van der Waals surface area contributed by atoms with Gasteiger partial charge in [-0.2, -0.15) is 0 Å². The third-order valence-corrected chi connectivity index (χ3v) is 9.86. The van der Waals surface area contributed by atoms with E-state index in [2.05, 4.69) is 40.4 Å². The third kappa shape index (κ3) is 4.06. The van der Waals surface area contributed by atoms with E-state index in [1.807, 2.05) is 6.92 Å². The molecule has 1 heterocycles. The summed E-state index contributed by atoms with van der Waals surface area (Å²) in [5.74, 6) is -2.04. The fourth-order valence-electron chi connectivity index (χ4n) is 2.21. The average molecular weight is 347 g/mol. The van der Waals surface area contributed by atoms with Crippen LogP contribution in [-0.4, -0.2) is 52.9 Å². The molecule has 1 fully saturated rings. The van der Waals surface area contributed by atoms with Gasteiger partial charge in [0.25, 0.3) is 0 Å². The van der Waals surface area contributed by atoms with Crippen LogP contribution in [0.15, 0.2) is 12.7 Å². The van der Waals surface area contributed by atoms with Crippen molar-refractivity contribution in [1.29, 1.82) is 0 Å². The van der Waals surface area contributed by atoms with Gasteiger partial charge in [0, 0.05) is 14.2 Å². The van der Waals surface area contributed by atoms with E-state index in [0.29, 0.717) is 6.61 Å². The second-order valence-electron chi connectivity index (χ2n) is 7.85. The maximum atomic E-state index is 6.29. The lowest BCUT2D eigenvalue weighted by molar-refractivity contribution is -0.443. The predicted octanol–water partition coefficient (Wildman–Crippen LogP) is 3.70. The van der Waals surface area contributed by atoms with Crippen LogP contribution in [-0.2, 0) is 23.4 Å². The largest absolute Gasteiger partial charge is 0.414 e. The van der Waals surface area contributed by atoms with Crippen LogP contribution < -0.4 is 0 Å². The molecule has 6 heteroatoms. The van der Waals surface area contributed by atoms with Gasteiger partial charge in [-0.1, -0.05) is 26.8 Å². The van der Waals surface area contributed by atoms with Gasteiger partial charge in [0.1, 0.15) is 12.2 Å². The van der Waals surface area contributed by atoms with Gasteiger partial charge in [-0.15, -0.1) is 6.58 Å². The summed E-state index contributed by atoms with van der Waals surface area (Å²) >= 11 is 0. The molecular weight excluding hydrogens is 312 g/mol. The Labute approximate surface area is 142 Å². The van der Waals surface area contributed by atoms with E-state index in [1.165, 1.54) is 0 Å². The summed E-state index contributed by atoms with van der Waals surface area (Å²) in [5, 5.41) is 0.137. The molecule has 0 bridgehead atoms. The summed E-state index contributed by atoms with van der Waals surface area (Å²) in [6.45, 7) is 19.0. The lowest BCUT2D eigenvalue weighted by Crippen LogP contribution is -2.65. The molecule has 0 N–H and O–H groups in total. The van der Waals surface area contributed by atoms with Gasteiger partial charge in [0.2, 0.25) is 11.6 Å². The molecule has 1 saturated heterocycles. The number of hydrogen-bond acceptors (Lipinski definition) is 5. The summed E-state index contributed by atoms with van der Waals surface area (Å²) < 4.78 is 29.6. The van der Waals surface area contributed by atoms with Crippen molar-refractivity contribution in [2.45, 2.75) is 76.5 Å². The molecule has 0 amide bonds. The van der Waals surface area contributed by atoms with Gasteiger partial charge in [-0.25, -0.2) is 0 Å². The normalized spacial score (nSPS) is 36.0. The lowest BCUT2D eigenvalue weighted by atomic mass is 10.0. The Hall–Kier alpha value is -0.243. The average Bonchev–Trinajstić information content (AvgIpc) is 2.46. The first-order valence-electron chi connectivity index (χ1n) is 8.08. The Balaban J connectivity index is 2.93. The van der Waals surface area contributed by atoms with Gasteiger partial charge < -0.3 is 23.4 Å². The van der Waals surface area contributed by atoms with Crippen LogP contribution in [0.5, 0.6) is 0 Å². The van der Waals surface area contributed by atoms with Crippen molar-refractivity contribution < 1.29 is 23.4 Å². The molecule has 0 aliphatic carbocycles. The van der Waals surface area contributed by atoms with Crippen molar-refractivity contribution in [3.05, 3.63) is 12.7 Å². The van der Waals surface area contributed by atoms with Crippen LogP contribution in [0.1, 0.15) is 34.6 Å². The van der Waals surface area contributed by atoms with Gasteiger partial charge in [0.15, 0.2) is 8.32 Å². The van der Waals surface area contributed by atoms with Crippen LogP contribution in [0, 0.1) is 0 Å². The maximum absolute atomic E-state index is 6.29. The first-order chi connectivity index (χ1) is 10.4. The smallest absolute Gasteiger partial charge is 0.220 e. The predicted molar refractivity (Wildman–Crippen MR) is 93.9 cm³/mol. The van der Waals surface area contributed by atoms with Crippen LogP contribution in [0.25, 0.3) is 0 Å². The number of rotatable bonds is 6. The lowest BCUT2D eigenvalue weighted by Gasteiger charge is -2.52. The van der Waals surface area contributed by atoms with Gasteiger partial charge in [-0.05, 0) is 32.0 Å². The van der Waals surface area contributed by atoms with Crippen molar-refractivity contribution in [3.63, 3.8) is 0 Å². The standard InChI is InChI=1S/C17H34O5Si/c1-11-13-14(12-20-23(9,10)15(2,3)4)22-17(6,19-8)16(5,18-7)21-13/h11,13-14H,1,12H2,2-10H3/t13-,14-,16+,17+/m1/s1. The van der Waals surface area contributed by atoms with E-state index < -0.39 is 19.9 Å². The van der Waals surface area contributed by atoms with Crippen LogP contribution in [0.2, 0.25) is 18.1 Å². The zero-order valence-electron chi connectivity index (χ0n) is 16.2. The molecular formula is C17H34O5Si. The molecule has 4 atom stereocenters. The third-order valence-electron chi connectivity index (χ3n) is 5.35. The van der Waals surface area contributed by atoms with E-state index in [1.54, 1.807) is 27.2 Å². The van der Waals surface area contributed by atoms with E-state index in [9.17, 15) is 0 Å². The molecule has 0 radical (unpaired) electrons. The summed E-state index contributed by atoms with van der Waals surface area (Å²) in [6, 6.07) is 0. The highest BCUT2D eigenvalue weighted by Crippen LogP contribution is 2.41. The summed E-state index contributed by atoms with van der Waals surface area (Å²) in [4.78, 5) is 0. The zero-order chi connectivity index (χ0) is 18.1. The van der Waals surface area contributed by atoms with Crippen molar-refractivity contribution >= 4 is 8.32 Å². The molecule has 0 aromatic heterocycles. The SMILES string of the molecule is C=C[C@H]1O[C@](C)(OC)[C@@](C)(OC)O[C@@H]1CO[Si](C)(C)C(C)(C)C. The van der Waals surface area contributed by atoms with Crippen LogP contribution in [0.4, 0.5) is 0 Å². The highest BCUT2D eigenvalue weighted by atomic mass is 28.4. The fourth-order valence-corrected chi connectivity index (χ4v) is 3.22. The monoisotopic (exact) mass is 346 g/mol. The number of methoxy groups -OCH3 is 2. The van der Waals surface area contributed by atoms with Crippen molar-refractivity contribution in [2.75, 3.05) is 20.8 Å². The highest BCUT2D eigenvalue weighted by molar-refractivity contribution is 6.74. The van der Waals surface area contributed by atoms with E-state index in [4.69, 9.17) is 23.4 Å². The number of hydrogen-bond donors (Lipinski definition) is 0. The molecule has 136 valence electrons. The molecule has 1 rings (SSSR count). The molecule has 0 aromatic carbocycles. The van der Waals surface area contributed by atoms with Gasteiger partial charge >= 0.3 is 0 Å². The van der Waals surface area contributed by atoms with Gasteiger partial charge in [-0.3, -0.25) is 0 Å². The molecule has 23 heavy (non-hydrogen) atoms. The van der Waals surface area contributed by atoms with Crippen molar-refractivity contribution in [3.8, 4) is 0 Å². The maximum Gasteiger partial charge on any atom is 0.220 e. The molecule has 0 unspecified atom stereocenters. The van der Waals surface area contributed by atoms with Crippen molar-refractivity contribution in [1.82, 2.24) is 0 Å². The second kappa shape index (κ2) is 6.94. The minimum Gasteiger partial charge on any atom is -0.414 e. The minimum atomic E-state index is -1.87. The summed E-state index contributed by atoms with van der Waals surface area (Å²) in [6.07, 6.45) is 1.11. The first kappa shape index (κ1) is 20.8. The highest BCUT2D eigenvalue weighted by Gasteiger charge is 2.56. The van der Waals surface area contributed by atoms with Crippen molar-refractivity contribution in [2.24, 2.45) is 0 Å². The summed E-state index contributed by atoms with van der Waals surface area (Å²) in [7, 11) is 1.29. The zero-order valence-corrected chi connectivity index (χ0v) is 17.2. The van der Waals surface area contributed by atoms with E-state index in [-0.39, 0.29) is 17.2 Å². The minimum absolute atomic E-state index is 0.137. The Kier molecular flexibility index (Phi) is 6.27.